The Morgan fingerprint density at radius 2 is 2.14 bits per heavy atom. The summed E-state index contributed by atoms with van der Waals surface area (Å²) in [4.78, 5) is 33.2. The fourth-order valence-electron chi connectivity index (χ4n) is 2.13. The molecule has 1 aliphatic heterocycles. The van der Waals surface area contributed by atoms with Crippen LogP contribution in [0.15, 0.2) is 18.6 Å². The van der Waals surface area contributed by atoms with Gasteiger partial charge in [0.2, 0.25) is 5.91 Å². The molecule has 1 aliphatic rings. The van der Waals surface area contributed by atoms with Gasteiger partial charge in [0.25, 0.3) is 0 Å². The van der Waals surface area contributed by atoms with E-state index in [0.29, 0.717) is 0 Å². The number of hydrogen-bond acceptors (Lipinski definition) is 5. The van der Waals surface area contributed by atoms with Crippen LogP contribution in [0.5, 0.6) is 0 Å². The van der Waals surface area contributed by atoms with Gasteiger partial charge in [-0.15, -0.1) is 0 Å². The molecule has 8 heteroatoms. The minimum atomic E-state index is -1.26. The number of anilines is 1. The van der Waals surface area contributed by atoms with E-state index in [0.717, 1.165) is 4.90 Å². The maximum Gasteiger partial charge on any atom is 0.411 e. The molecule has 0 spiro atoms. The molecule has 2 rings (SSSR count). The van der Waals surface area contributed by atoms with Gasteiger partial charge in [-0.05, 0) is 20.8 Å². The topological polar surface area (TPSA) is 84.4 Å². The fraction of sp³-hybridized carbons (Fsp3) is 0.571. The highest BCUT2D eigenvalue weighted by Gasteiger charge is 2.41. The quantitative estimate of drug-likeness (QED) is 0.900. The summed E-state index contributed by atoms with van der Waals surface area (Å²) in [5.74, 6) is -0.259. The fourth-order valence-corrected chi connectivity index (χ4v) is 2.13. The molecule has 2 atom stereocenters. The van der Waals surface area contributed by atoms with Crippen LogP contribution in [0.1, 0.15) is 27.2 Å². The van der Waals surface area contributed by atoms with Crippen LogP contribution in [0.4, 0.5) is 15.0 Å². The van der Waals surface area contributed by atoms with Crippen LogP contribution in [0.3, 0.4) is 0 Å². The minimum Gasteiger partial charge on any atom is -0.444 e. The Labute approximate surface area is 127 Å². The van der Waals surface area contributed by atoms with E-state index in [4.69, 9.17) is 4.74 Å². The second-order valence-corrected chi connectivity index (χ2v) is 6.06. The first-order chi connectivity index (χ1) is 10.3. The summed E-state index contributed by atoms with van der Waals surface area (Å²) in [6, 6.07) is -0.924. The van der Waals surface area contributed by atoms with Crippen LogP contribution in [-0.4, -0.2) is 51.2 Å². The molecule has 2 unspecified atom stereocenters. The standard InChI is InChI=1S/C14H19FN4O3/c1-14(2,3)22-13(21)19-8-9(15)6-10(19)12(20)18-11-7-16-4-5-17-11/h4-5,7,9-10H,6,8H2,1-3H3,(H,17,18,20). The summed E-state index contributed by atoms with van der Waals surface area (Å²) in [6.07, 6.45) is 2.24. The Bertz CT molecular complexity index is 547. The molecule has 0 saturated carbocycles. The van der Waals surface area contributed by atoms with Crippen molar-refractivity contribution in [2.75, 3.05) is 11.9 Å². The molecule has 120 valence electrons. The lowest BCUT2D eigenvalue weighted by molar-refractivity contribution is -0.120. The molecule has 1 N–H and O–H groups in total. The van der Waals surface area contributed by atoms with Crippen LogP contribution in [0.25, 0.3) is 0 Å². The molecular formula is C14H19FN4O3. The zero-order valence-corrected chi connectivity index (χ0v) is 12.7. The molecule has 0 radical (unpaired) electrons. The summed E-state index contributed by atoms with van der Waals surface area (Å²) in [6.45, 7) is 4.97. The van der Waals surface area contributed by atoms with Crippen molar-refractivity contribution < 1.29 is 18.7 Å². The van der Waals surface area contributed by atoms with Crippen LogP contribution in [0, 0.1) is 0 Å². The molecule has 0 aliphatic carbocycles. The molecule has 1 aromatic rings. The van der Waals surface area contributed by atoms with Crippen LogP contribution < -0.4 is 5.32 Å². The van der Waals surface area contributed by atoms with E-state index in [1.807, 2.05) is 0 Å². The zero-order chi connectivity index (χ0) is 16.3. The van der Waals surface area contributed by atoms with Gasteiger partial charge in [0.15, 0.2) is 5.82 Å². The number of nitrogens with one attached hydrogen (secondary N) is 1. The van der Waals surface area contributed by atoms with Gasteiger partial charge in [-0.25, -0.2) is 14.2 Å². The second kappa shape index (κ2) is 6.25. The summed E-state index contributed by atoms with van der Waals surface area (Å²) >= 11 is 0. The molecule has 1 fully saturated rings. The van der Waals surface area contributed by atoms with Crippen molar-refractivity contribution in [2.45, 2.75) is 45.0 Å². The molecule has 1 saturated heterocycles. The number of rotatable bonds is 2. The van der Waals surface area contributed by atoms with E-state index in [9.17, 15) is 14.0 Å². The Hall–Kier alpha value is -2.25. The van der Waals surface area contributed by atoms with E-state index >= 15 is 0 Å². The van der Waals surface area contributed by atoms with Crippen molar-refractivity contribution in [1.29, 1.82) is 0 Å². The van der Waals surface area contributed by atoms with Gasteiger partial charge in [-0.2, -0.15) is 0 Å². The van der Waals surface area contributed by atoms with Gasteiger partial charge < -0.3 is 10.1 Å². The van der Waals surface area contributed by atoms with Gasteiger partial charge in [-0.3, -0.25) is 14.7 Å². The van der Waals surface area contributed by atoms with Crippen LogP contribution in [-0.2, 0) is 9.53 Å². The first-order valence-corrected chi connectivity index (χ1v) is 6.97. The maximum atomic E-state index is 13.7. The Balaban J connectivity index is 2.07. The predicted molar refractivity (Wildman–Crippen MR) is 76.9 cm³/mol. The van der Waals surface area contributed by atoms with Crippen molar-refractivity contribution in [1.82, 2.24) is 14.9 Å². The second-order valence-electron chi connectivity index (χ2n) is 6.06. The third kappa shape index (κ3) is 4.12. The lowest BCUT2D eigenvalue weighted by Crippen LogP contribution is -2.45. The van der Waals surface area contributed by atoms with E-state index in [1.165, 1.54) is 18.6 Å². The number of likely N-dealkylation sites (tertiary alicyclic amines) is 1. The summed E-state index contributed by atoms with van der Waals surface area (Å²) in [5.41, 5.74) is -0.711. The molecule has 2 heterocycles. The average Bonchev–Trinajstić information content (AvgIpc) is 2.80. The van der Waals surface area contributed by atoms with Gasteiger partial charge in [0.1, 0.15) is 17.8 Å². The largest absolute Gasteiger partial charge is 0.444 e. The number of amides is 2. The Morgan fingerprint density at radius 1 is 1.41 bits per heavy atom. The average molecular weight is 310 g/mol. The van der Waals surface area contributed by atoms with E-state index in [1.54, 1.807) is 20.8 Å². The van der Waals surface area contributed by atoms with Gasteiger partial charge in [0.05, 0.1) is 12.7 Å². The number of carbonyl (C=O) groups is 2. The van der Waals surface area contributed by atoms with Gasteiger partial charge >= 0.3 is 6.09 Å². The smallest absolute Gasteiger partial charge is 0.411 e. The summed E-state index contributed by atoms with van der Waals surface area (Å²) in [7, 11) is 0. The lowest BCUT2D eigenvalue weighted by Gasteiger charge is -2.27. The van der Waals surface area contributed by atoms with Crippen LogP contribution >= 0.6 is 0 Å². The lowest BCUT2D eigenvalue weighted by atomic mass is 10.2. The number of alkyl halides is 1. The van der Waals surface area contributed by atoms with E-state index < -0.39 is 29.8 Å². The Kier molecular flexibility index (Phi) is 4.58. The van der Waals surface area contributed by atoms with Crippen molar-refractivity contribution in [3.05, 3.63) is 18.6 Å². The maximum absolute atomic E-state index is 13.7. The first kappa shape index (κ1) is 16.1. The summed E-state index contributed by atoms with van der Waals surface area (Å²) in [5, 5.41) is 2.52. The SMILES string of the molecule is CC(C)(C)OC(=O)N1CC(F)CC1C(=O)Nc1cnccn1. The first-order valence-electron chi connectivity index (χ1n) is 6.97. The molecular weight excluding hydrogens is 291 g/mol. The summed E-state index contributed by atoms with van der Waals surface area (Å²) < 4.78 is 18.9. The highest BCUT2D eigenvalue weighted by molar-refractivity contribution is 5.96. The number of halogens is 1. The molecule has 0 aromatic carbocycles. The van der Waals surface area contributed by atoms with Crippen molar-refractivity contribution in [3.8, 4) is 0 Å². The van der Waals surface area contributed by atoms with Gasteiger partial charge in [-0.1, -0.05) is 0 Å². The monoisotopic (exact) mass is 310 g/mol. The van der Waals surface area contributed by atoms with E-state index in [2.05, 4.69) is 15.3 Å². The third-order valence-electron chi connectivity index (χ3n) is 3.00. The minimum absolute atomic E-state index is 0.0641. The molecule has 7 nitrogen and oxygen atoms in total. The van der Waals surface area contributed by atoms with Gasteiger partial charge in [0, 0.05) is 18.8 Å². The predicted octanol–water partition coefficient (Wildman–Crippen LogP) is 1.76. The molecule has 1 aromatic heterocycles. The van der Waals surface area contributed by atoms with Crippen molar-refractivity contribution >= 4 is 17.8 Å². The third-order valence-corrected chi connectivity index (χ3v) is 3.00. The molecule has 2 amide bonds. The number of hydrogen-bond donors (Lipinski definition) is 1. The number of nitrogens with zero attached hydrogens (tertiary/aromatic N) is 3. The zero-order valence-electron chi connectivity index (χ0n) is 12.7. The molecule has 0 bridgehead atoms. The number of carbonyl (C=O) groups excluding carboxylic acids is 2. The number of ether oxygens (including phenoxy) is 1. The Morgan fingerprint density at radius 3 is 2.73 bits per heavy atom. The van der Waals surface area contributed by atoms with Crippen molar-refractivity contribution in [2.24, 2.45) is 0 Å². The normalized spacial score (nSPS) is 21.5. The van der Waals surface area contributed by atoms with Crippen molar-refractivity contribution in [3.63, 3.8) is 0 Å². The highest BCUT2D eigenvalue weighted by atomic mass is 19.1. The number of aromatic nitrogens is 2. The highest BCUT2D eigenvalue weighted by Crippen LogP contribution is 2.24. The molecule has 22 heavy (non-hydrogen) atoms. The van der Waals surface area contributed by atoms with Crippen LogP contribution in [0.2, 0.25) is 0 Å². The van der Waals surface area contributed by atoms with E-state index in [-0.39, 0.29) is 18.8 Å².